The van der Waals surface area contributed by atoms with E-state index in [1.165, 1.54) is 0 Å². The second-order valence-corrected chi connectivity index (χ2v) is 5.60. The number of aliphatic carboxylic acids is 1. The van der Waals surface area contributed by atoms with Crippen LogP contribution in [0.4, 0.5) is 0 Å². The molecule has 0 bridgehead atoms. The summed E-state index contributed by atoms with van der Waals surface area (Å²) in [6.07, 6.45) is 0.969. The molecule has 1 fully saturated rings. The van der Waals surface area contributed by atoms with E-state index in [1.807, 2.05) is 25.3 Å². The van der Waals surface area contributed by atoms with Crippen molar-refractivity contribution in [2.75, 3.05) is 6.54 Å². The van der Waals surface area contributed by atoms with Crippen molar-refractivity contribution in [1.82, 2.24) is 4.90 Å². The molecule has 1 aromatic heterocycles. The van der Waals surface area contributed by atoms with Gasteiger partial charge < -0.3 is 10.0 Å². The summed E-state index contributed by atoms with van der Waals surface area (Å²) in [4.78, 5) is 26.1. The maximum Gasteiger partial charge on any atom is 0.309 e. The molecule has 2 rings (SSSR count). The summed E-state index contributed by atoms with van der Waals surface area (Å²) in [5.41, 5.74) is 1.08. The molecule has 2 unspecified atom stereocenters. The molecule has 4 nitrogen and oxygen atoms in total. The summed E-state index contributed by atoms with van der Waals surface area (Å²) in [5.74, 6) is -1.52. The highest BCUT2D eigenvalue weighted by atomic mass is 32.1. The van der Waals surface area contributed by atoms with Gasteiger partial charge >= 0.3 is 5.97 Å². The van der Waals surface area contributed by atoms with Gasteiger partial charge in [-0.2, -0.15) is 0 Å². The number of carboxylic acids is 1. The summed E-state index contributed by atoms with van der Waals surface area (Å²) in [5, 5.41) is 11.3. The van der Waals surface area contributed by atoms with Crippen molar-refractivity contribution >= 4 is 23.2 Å². The van der Waals surface area contributed by atoms with Crippen LogP contribution >= 0.6 is 11.3 Å². The van der Waals surface area contributed by atoms with Crippen molar-refractivity contribution < 1.29 is 14.7 Å². The Labute approximate surface area is 110 Å². The summed E-state index contributed by atoms with van der Waals surface area (Å²) in [6, 6.07) is 1.70. The van der Waals surface area contributed by atoms with Gasteiger partial charge in [0.05, 0.1) is 12.0 Å². The van der Waals surface area contributed by atoms with Gasteiger partial charge in [0.1, 0.15) is 0 Å². The monoisotopic (exact) mass is 267 g/mol. The fourth-order valence-electron chi connectivity index (χ4n) is 2.53. The average Bonchev–Trinajstić information content (AvgIpc) is 2.85. The van der Waals surface area contributed by atoms with Gasteiger partial charge in [0.15, 0.2) is 0 Å². The van der Waals surface area contributed by atoms with Crippen LogP contribution in [-0.4, -0.2) is 28.4 Å². The lowest BCUT2D eigenvalue weighted by Gasteiger charge is -2.26. The van der Waals surface area contributed by atoms with E-state index in [9.17, 15) is 14.7 Å². The number of rotatable bonds is 4. The Kier molecular flexibility index (Phi) is 3.71. The van der Waals surface area contributed by atoms with Gasteiger partial charge in [-0.3, -0.25) is 9.59 Å². The smallest absolute Gasteiger partial charge is 0.309 e. The highest BCUT2D eigenvalue weighted by Crippen LogP contribution is 2.41. The predicted molar refractivity (Wildman–Crippen MR) is 69.5 cm³/mol. The van der Waals surface area contributed by atoms with Crippen LogP contribution in [0, 0.1) is 12.8 Å². The summed E-state index contributed by atoms with van der Waals surface area (Å²) >= 11 is 1.54. The van der Waals surface area contributed by atoms with E-state index in [2.05, 4.69) is 0 Å². The number of amides is 1. The van der Waals surface area contributed by atoms with E-state index in [-0.39, 0.29) is 18.4 Å². The number of hydrogen-bond donors (Lipinski definition) is 1. The van der Waals surface area contributed by atoms with Crippen LogP contribution in [0.2, 0.25) is 0 Å². The van der Waals surface area contributed by atoms with E-state index in [4.69, 9.17) is 0 Å². The fourth-order valence-corrected chi connectivity index (χ4v) is 3.63. The van der Waals surface area contributed by atoms with Crippen molar-refractivity contribution in [2.45, 2.75) is 32.7 Å². The van der Waals surface area contributed by atoms with E-state index in [1.54, 1.807) is 16.2 Å². The summed E-state index contributed by atoms with van der Waals surface area (Å²) < 4.78 is 0. The van der Waals surface area contributed by atoms with Crippen LogP contribution in [0.5, 0.6) is 0 Å². The van der Waals surface area contributed by atoms with Gasteiger partial charge in [-0.25, -0.2) is 0 Å². The zero-order chi connectivity index (χ0) is 13.3. The van der Waals surface area contributed by atoms with Gasteiger partial charge in [-0.15, -0.1) is 11.3 Å². The van der Waals surface area contributed by atoms with Crippen LogP contribution in [0.25, 0.3) is 0 Å². The molecule has 18 heavy (non-hydrogen) atoms. The van der Waals surface area contributed by atoms with E-state index < -0.39 is 11.9 Å². The van der Waals surface area contributed by atoms with Crippen LogP contribution < -0.4 is 0 Å². The van der Waals surface area contributed by atoms with Crippen molar-refractivity contribution in [3.05, 3.63) is 21.9 Å². The number of nitrogens with zero attached hydrogens (tertiary/aromatic N) is 1. The predicted octanol–water partition coefficient (Wildman–Crippen LogP) is 2.44. The van der Waals surface area contributed by atoms with Gasteiger partial charge in [0, 0.05) is 17.8 Å². The van der Waals surface area contributed by atoms with Gasteiger partial charge in [-0.05, 0) is 30.4 Å². The van der Waals surface area contributed by atoms with Crippen LogP contribution in [-0.2, 0) is 9.59 Å². The number of aryl methyl sites for hydroxylation is 1. The van der Waals surface area contributed by atoms with E-state index >= 15 is 0 Å². The second kappa shape index (κ2) is 5.10. The fraction of sp³-hybridized carbons (Fsp3) is 0.538. The topological polar surface area (TPSA) is 57.6 Å². The first-order valence-electron chi connectivity index (χ1n) is 6.12. The van der Waals surface area contributed by atoms with Crippen molar-refractivity contribution in [3.63, 3.8) is 0 Å². The van der Waals surface area contributed by atoms with E-state index in [0.717, 1.165) is 16.9 Å². The van der Waals surface area contributed by atoms with Gasteiger partial charge in [0.2, 0.25) is 5.91 Å². The lowest BCUT2D eigenvalue weighted by molar-refractivity contribution is -0.142. The Hall–Kier alpha value is -1.36. The molecule has 2 atom stereocenters. The van der Waals surface area contributed by atoms with Crippen molar-refractivity contribution in [3.8, 4) is 0 Å². The van der Waals surface area contributed by atoms with Gasteiger partial charge in [0.25, 0.3) is 0 Å². The van der Waals surface area contributed by atoms with Crippen LogP contribution in [0.3, 0.4) is 0 Å². The molecule has 0 aliphatic carbocycles. The molecule has 98 valence electrons. The maximum atomic E-state index is 12.0. The standard InChI is InChI=1S/C13H17NO3S/c1-3-5-14-10(15)7-9(13(16)17)11(14)12-8(2)4-6-18-12/h4,6,9,11H,3,5,7H2,1-2H3,(H,16,17). The Morgan fingerprint density at radius 1 is 1.61 bits per heavy atom. The number of thiophene rings is 1. The van der Waals surface area contributed by atoms with E-state index in [0.29, 0.717) is 6.54 Å². The lowest BCUT2D eigenvalue weighted by Crippen LogP contribution is -2.31. The second-order valence-electron chi connectivity index (χ2n) is 4.65. The Bertz CT molecular complexity index is 469. The van der Waals surface area contributed by atoms with Crippen LogP contribution in [0.1, 0.15) is 36.2 Å². The number of carboxylic acid groups (broad SMARTS) is 1. The van der Waals surface area contributed by atoms with Gasteiger partial charge in [-0.1, -0.05) is 6.92 Å². The zero-order valence-electron chi connectivity index (χ0n) is 10.5. The third-order valence-electron chi connectivity index (χ3n) is 3.38. The molecule has 1 saturated heterocycles. The Morgan fingerprint density at radius 2 is 2.33 bits per heavy atom. The average molecular weight is 267 g/mol. The zero-order valence-corrected chi connectivity index (χ0v) is 11.4. The first-order valence-corrected chi connectivity index (χ1v) is 7.00. The normalized spacial score (nSPS) is 23.7. The third-order valence-corrected chi connectivity index (χ3v) is 4.47. The first-order chi connectivity index (χ1) is 8.56. The molecule has 0 aromatic carbocycles. The Balaban J connectivity index is 2.39. The quantitative estimate of drug-likeness (QED) is 0.911. The maximum absolute atomic E-state index is 12.0. The molecule has 0 radical (unpaired) electrons. The molecule has 1 aliphatic heterocycles. The molecule has 0 spiro atoms. The number of carbonyl (C=O) groups excluding carboxylic acids is 1. The lowest BCUT2D eigenvalue weighted by atomic mass is 9.97. The minimum Gasteiger partial charge on any atom is -0.481 e. The number of hydrogen-bond acceptors (Lipinski definition) is 3. The summed E-state index contributed by atoms with van der Waals surface area (Å²) in [7, 11) is 0. The molecule has 2 heterocycles. The first kappa shape index (κ1) is 13.1. The molecule has 0 saturated carbocycles. The van der Waals surface area contributed by atoms with Crippen LogP contribution in [0.15, 0.2) is 11.4 Å². The largest absolute Gasteiger partial charge is 0.481 e. The molecule has 1 aliphatic rings. The molecular formula is C13H17NO3S. The SMILES string of the molecule is CCCN1C(=O)CC(C(=O)O)C1c1sccc1C. The molecule has 1 aromatic rings. The summed E-state index contributed by atoms with van der Waals surface area (Å²) in [6.45, 7) is 4.60. The highest BCUT2D eigenvalue weighted by molar-refractivity contribution is 7.10. The van der Waals surface area contributed by atoms with Crippen molar-refractivity contribution in [2.24, 2.45) is 5.92 Å². The molecular weight excluding hydrogens is 250 g/mol. The Morgan fingerprint density at radius 3 is 2.83 bits per heavy atom. The number of carbonyl (C=O) groups is 2. The third kappa shape index (κ3) is 2.14. The minimum atomic E-state index is -0.875. The molecule has 1 amide bonds. The highest BCUT2D eigenvalue weighted by Gasteiger charge is 2.45. The molecule has 1 N–H and O–H groups in total. The van der Waals surface area contributed by atoms with Crippen molar-refractivity contribution in [1.29, 1.82) is 0 Å². The minimum absolute atomic E-state index is 0.0398. The number of likely N-dealkylation sites (tertiary alicyclic amines) is 1. The molecule has 5 heteroatoms.